The van der Waals surface area contributed by atoms with Crippen LogP contribution in [0.3, 0.4) is 0 Å². The van der Waals surface area contributed by atoms with Gasteiger partial charge < -0.3 is 4.98 Å². The van der Waals surface area contributed by atoms with Crippen LogP contribution >= 0.6 is 22.9 Å². The van der Waals surface area contributed by atoms with Crippen LogP contribution in [0.2, 0.25) is 5.15 Å². The Morgan fingerprint density at radius 2 is 2.05 bits per heavy atom. The van der Waals surface area contributed by atoms with Crippen molar-refractivity contribution < 1.29 is 0 Å². The number of aromatic nitrogens is 4. The lowest BCUT2D eigenvalue weighted by Crippen LogP contribution is -1.82. The van der Waals surface area contributed by atoms with Crippen molar-refractivity contribution in [2.24, 2.45) is 0 Å². The van der Waals surface area contributed by atoms with Gasteiger partial charge in [-0.3, -0.25) is 4.98 Å². The predicted octanol–water partition coefficient (Wildman–Crippen LogP) is 4.40. The molecule has 4 heterocycles. The van der Waals surface area contributed by atoms with Crippen molar-refractivity contribution in [3.8, 4) is 21.1 Å². The fourth-order valence-corrected chi connectivity index (χ4v) is 3.39. The second-order valence-corrected chi connectivity index (χ2v) is 5.85. The normalized spacial score (nSPS) is 11.1. The zero-order chi connectivity index (χ0) is 14.2. The van der Waals surface area contributed by atoms with Crippen LogP contribution in [0.4, 0.5) is 0 Å². The summed E-state index contributed by atoms with van der Waals surface area (Å²) in [6.07, 6.45) is 5.39. The molecule has 0 aliphatic heterocycles. The van der Waals surface area contributed by atoms with Gasteiger partial charge in [-0.05, 0) is 30.3 Å². The molecule has 0 aliphatic carbocycles. The van der Waals surface area contributed by atoms with Crippen LogP contribution in [0.25, 0.3) is 32.2 Å². The maximum atomic E-state index is 6.28. The molecule has 0 radical (unpaired) electrons. The molecule has 6 heteroatoms. The molecule has 0 atom stereocenters. The summed E-state index contributed by atoms with van der Waals surface area (Å²) in [7, 11) is 0. The zero-order valence-electron chi connectivity index (χ0n) is 10.7. The molecule has 4 nitrogen and oxygen atoms in total. The Balaban J connectivity index is 1.83. The third-order valence-electron chi connectivity index (χ3n) is 3.14. The Morgan fingerprint density at radius 3 is 2.90 bits per heavy atom. The summed E-state index contributed by atoms with van der Waals surface area (Å²) in [5.41, 5.74) is 2.62. The molecule has 0 saturated heterocycles. The molecule has 1 N–H and O–H groups in total. The number of rotatable bonds is 2. The summed E-state index contributed by atoms with van der Waals surface area (Å²) in [6, 6.07) is 9.82. The summed E-state index contributed by atoms with van der Waals surface area (Å²) >= 11 is 7.80. The highest BCUT2D eigenvalue weighted by atomic mass is 35.5. The van der Waals surface area contributed by atoms with E-state index in [4.69, 9.17) is 11.6 Å². The van der Waals surface area contributed by atoms with Gasteiger partial charge in [0, 0.05) is 29.5 Å². The van der Waals surface area contributed by atoms with E-state index in [1.54, 1.807) is 12.4 Å². The standard InChI is InChI=1S/C15H9ClN4S/c16-13-12(11-4-3-9-5-7-18-14(9)19-11)21-15(20-13)10-2-1-6-17-8-10/h1-8H,(H,18,19). The van der Waals surface area contributed by atoms with Gasteiger partial charge in [-0.15, -0.1) is 11.3 Å². The Bertz CT molecular complexity index is 914. The topological polar surface area (TPSA) is 54.5 Å². The lowest BCUT2D eigenvalue weighted by atomic mass is 10.3. The fourth-order valence-electron chi connectivity index (χ4n) is 2.13. The molecule has 4 aromatic rings. The monoisotopic (exact) mass is 312 g/mol. The van der Waals surface area contributed by atoms with E-state index in [9.17, 15) is 0 Å². The van der Waals surface area contributed by atoms with Crippen LogP contribution in [0.1, 0.15) is 0 Å². The van der Waals surface area contributed by atoms with Crippen LogP contribution in [0.15, 0.2) is 48.9 Å². The van der Waals surface area contributed by atoms with Crippen molar-refractivity contribution in [2.45, 2.75) is 0 Å². The van der Waals surface area contributed by atoms with Crippen molar-refractivity contribution in [1.29, 1.82) is 0 Å². The summed E-state index contributed by atoms with van der Waals surface area (Å²) in [5.74, 6) is 0. The number of H-pyrrole nitrogens is 1. The van der Waals surface area contributed by atoms with Gasteiger partial charge in [-0.1, -0.05) is 11.6 Å². The van der Waals surface area contributed by atoms with Crippen molar-refractivity contribution in [1.82, 2.24) is 19.9 Å². The molecule has 21 heavy (non-hydrogen) atoms. The van der Waals surface area contributed by atoms with Crippen molar-refractivity contribution in [3.63, 3.8) is 0 Å². The van der Waals surface area contributed by atoms with E-state index in [-0.39, 0.29) is 0 Å². The van der Waals surface area contributed by atoms with Crippen molar-refractivity contribution in [3.05, 3.63) is 54.1 Å². The van der Waals surface area contributed by atoms with Gasteiger partial charge >= 0.3 is 0 Å². The molecule has 0 bridgehead atoms. The van der Waals surface area contributed by atoms with Crippen molar-refractivity contribution in [2.75, 3.05) is 0 Å². The minimum atomic E-state index is 0.470. The molecule has 102 valence electrons. The number of hydrogen-bond acceptors (Lipinski definition) is 4. The molecule has 4 aromatic heterocycles. The van der Waals surface area contributed by atoms with Gasteiger partial charge in [0.1, 0.15) is 15.8 Å². The van der Waals surface area contributed by atoms with Gasteiger partial charge in [0.2, 0.25) is 0 Å². The smallest absolute Gasteiger partial charge is 0.150 e. The van der Waals surface area contributed by atoms with Gasteiger partial charge in [0.15, 0.2) is 0 Å². The molecule has 0 unspecified atom stereocenters. The largest absolute Gasteiger partial charge is 0.346 e. The Morgan fingerprint density at radius 1 is 1.10 bits per heavy atom. The lowest BCUT2D eigenvalue weighted by molar-refractivity contribution is 1.31. The van der Waals surface area contributed by atoms with Gasteiger partial charge in [-0.25, -0.2) is 9.97 Å². The number of nitrogens with one attached hydrogen (secondary N) is 1. The first kappa shape index (κ1) is 12.5. The molecule has 0 amide bonds. The van der Waals surface area contributed by atoms with Gasteiger partial charge in [-0.2, -0.15) is 0 Å². The molecule has 0 spiro atoms. The highest BCUT2D eigenvalue weighted by Gasteiger charge is 2.14. The molecular formula is C15H9ClN4S. The fraction of sp³-hybridized carbons (Fsp3) is 0. The Kier molecular flexibility index (Phi) is 2.94. The number of halogens is 1. The lowest BCUT2D eigenvalue weighted by Gasteiger charge is -1.97. The van der Waals surface area contributed by atoms with Crippen LogP contribution < -0.4 is 0 Å². The summed E-state index contributed by atoms with van der Waals surface area (Å²) < 4.78 is 0. The molecule has 0 aromatic carbocycles. The summed E-state index contributed by atoms with van der Waals surface area (Å²) in [4.78, 5) is 17.1. The predicted molar refractivity (Wildman–Crippen MR) is 85.4 cm³/mol. The van der Waals surface area contributed by atoms with Gasteiger partial charge in [0.05, 0.1) is 10.6 Å². The number of aromatic amines is 1. The maximum absolute atomic E-state index is 6.28. The number of hydrogen-bond donors (Lipinski definition) is 1. The number of pyridine rings is 2. The first-order valence-electron chi connectivity index (χ1n) is 6.32. The van der Waals surface area contributed by atoms with E-state index in [0.29, 0.717) is 5.15 Å². The summed E-state index contributed by atoms with van der Waals surface area (Å²) in [5, 5.41) is 2.39. The Labute approximate surface area is 129 Å². The second kappa shape index (κ2) is 4.95. The minimum absolute atomic E-state index is 0.470. The van der Waals surface area contributed by atoms with Crippen LogP contribution in [-0.2, 0) is 0 Å². The van der Waals surface area contributed by atoms with E-state index in [1.165, 1.54) is 11.3 Å². The van der Waals surface area contributed by atoms with Crippen LogP contribution in [-0.4, -0.2) is 19.9 Å². The zero-order valence-corrected chi connectivity index (χ0v) is 12.3. The van der Waals surface area contributed by atoms with E-state index < -0.39 is 0 Å². The quantitative estimate of drug-likeness (QED) is 0.597. The molecule has 4 rings (SSSR count). The van der Waals surface area contributed by atoms with Crippen molar-refractivity contribution >= 4 is 34.0 Å². The first-order chi connectivity index (χ1) is 10.3. The third kappa shape index (κ3) is 2.20. The Hall–Kier alpha value is -2.24. The highest BCUT2D eigenvalue weighted by Crippen LogP contribution is 2.37. The summed E-state index contributed by atoms with van der Waals surface area (Å²) in [6.45, 7) is 0. The molecule has 0 aliphatic rings. The average molecular weight is 313 g/mol. The van der Waals surface area contributed by atoms with Gasteiger partial charge in [0.25, 0.3) is 0 Å². The SMILES string of the molecule is Clc1nc(-c2cccnc2)sc1-c1ccc2cc[nH]c2n1. The van der Waals surface area contributed by atoms with Crippen LogP contribution in [0, 0.1) is 0 Å². The van der Waals surface area contributed by atoms with Crippen LogP contribution in [0.5, 0.6) is 0 Å². The maximum Gasteiger partial charge on any atom is 0.150 e. The molecule has 0 fully saturated rings. The molecular weight excluding hydrogens is 304 g/mol. The molecule has 0 saturated carbocycles. The first-order valence-corrected chi connectivity index (χ1v) is 7.52. The number of thiazole rings is 1. The highest BCUT2D eigenvalue weighted by molar-refractivity contribution is 7.19. The average Bonchev–Trinajstić information content (AvgIpc) is 3.13. The van der Waals surface area contributed by atoms with E-state index in [1.807, 2.05) is 36.5 Å². The third-order valence-corrected chi connectivity index (χ3v) is 4.65. The second-order valence-electron chi connectivity index (χ2n) is 4.49. The minimum Gasteiger partial charge on any atom is -0.346 e. The van der Waals surface area contributed by atoms with E-state index in [0.717, 1.165) is 32.2 Å². The number of nitrogens with zero attached hydrogens (tertiary/aromatic N) is 3. The van der Waals surface area contributed by atoms with E-state index >= 15 is 0 Å². The van der Waals surface area contributed by atoms with E-state index in [2.05, 4.69) is 19.9 Å². The number of fused-ring (bicyclic) bond motifs is 1.